The quantitative estimate of drug-likeness (QED) is 0.439. The molecule has 0 saturated heterocycles. The van der Waals surface area contributed by atoms with Crippen molar-refractivity contribution in [3.8, 4) is 11.3 Å². The molecule has 0 aliphatic carbocycles. The summed E-state index contributed by atoms with van der Waals surface area (Å²) in [5, 5.41) is 6.13. The van der Waals surface area contributed by atoms with E-state index in [0.29, 0.717) is 12.2 Å². The highest BCUT2D eigenvalue weighted by Crippen LogP contribution is 2.19. The lowest BCUT2D eigenvalue weighted by Gasteiger charge is -2.05. The Hall–Kier alpha value is -3.11. The fourth-order valence-corrected chi connectivity index (χ4v) is 3.14. The van der Waals surface area contributed by atoms with Crippen LogP contribution in [0.25, 0.3) is 11.3 Å². The van der Waals surface area contributed by atoms with Crippen LogP contribution in [-0.4, -0.2) is 42.5 Å². The maximum absolute atomic E-state index is 12.1. The largest absolute Gasteiger partial charge is 0.355 e. The predicted octanol–water partition coefficient (Wildman–Crippen LogP) is 1.23. The second kappa shape index (κ2) is 8.52. The van der Waals surface area contributed by atoms with Gasteiger partial charge in [-0.05, 0) is 12.5 Å². The number of rotatable bonds is 8. The molecule has 2 aromatic heterocycles. The molecule has 0 aliphatic heterocycles. The first-order chi connectivity index (χ1) is 13.1. The van der Waals surface area contributed by atoms with Gasteiger partial charge in [0.2, 0.25) is 0 Å². The normalized spacial score (nSPS) is 11.3. The predicted molar refractivity (Wildman–Crippen MR) is 96.1 cm³/mol. The topological polar surface area (TPSA) is 127 Å². The lowest BCUT2D eigenvalue weighted by atomic mass is 10.1. The zero-order valence-corrected chi connectivity index (χ0v) is 15.0. The van der Waals surface area contributed by atoms with Gasteiger partial charge in [-0.25, -0.2) is 23.1 Å². The Kier molecular flexibility index (Phi) is 5.89. The van der Waals surface area contributed by atoms with Crippen LogP contribution in [0.4, 0.5) is 0 Å². The van der Waals surface area contributed by atoms with Gasteiger partial charge in [0.1, 0.15) is 0 Å². The van der Waals surface area contributed by atoms with Gasteiger partial charge in [-0.1, -0.05) is 35.5 Å². The monoisotopic (exact) mass is 387 g/mol. The molecule has 0 radical (unpaired) electrons. The van der Waals surface area contributed by atoms with E-state index < -0.39 is 15.9 Å². The second-order valence-electron chi connectivity index (χ2n) is 5.48. The molecular weight excluding hydrogens is 370 g/mol. The number of hydrogen-bond acceptors (Lipinski definition) is 7. The first-order valence-corrected chi connectivity index (χ1v) is 9.61. The molecule has 3 aromatic rings. The van der Waals surface area contributed by atoms with Crippen LogP contribution in [0, 0.1) is 0 Å². The second-order valence-corrected chi connectivity index (χ2v) is 7.14. The minimum atomic E-state index is -3.75. The molecule has 0 saturated carbocycles. The summed E-state index contributed by atoms with van der Waals surface area (Å²) >= 11 is 0. The van der Waals surface area contributed by atoms with E-state index in [1.807, 2.05) is 30.3 Å². The van der Waals surface area contributed by atoms with Gasteiger partial charge in [-0.3, -0.25) is 4.79 Å². The number of nitrogens with zero attached hydrogens (tertiary/aromatic N) is 3. The van der Waals surface area contributed by atoms with Crippen LogP contribution < -0.4 is 10.0 Å². The van der Waals surface area contributed by atoms with Gasteiger partial charge in [0, 0.05) is 37.1 Å². The number of aromatic nitrogens is 3. The molecule has 2 heterocycles. The van der Waals surface area contributed by atoms with Crippen LogP contribution in [0.1, 0.15) is 16.9 Å². The van der Waals surface area contributed by atoms with E-state index in [1.165, 1.54) is 18.5 Å². The van der Waals surface area contributed by atoms with Crippen molar-refractivity contribution >= 4 is 15.9 Å². The summed E-state index contributed by atoms with van der Waals surface area (Å²) in [5.74, 6) is 0.103. The molecule has 0 atom stereocenters. The average molecular weight is 387 g/mol. The van der Waals surface area contributed by atoms with Crippen molar-refractivity contribution in [3.63, 3.8) is 0 Å². The van der Waals surface area contributed by atoms with Crippen molar-refractivity contribution in [2.24, 2.45) is 0 Å². The smallest absolute Gasteiger partial charge is 0.276 e. The molecule has 1 amide bonds. The van der Waals surface area contributed by atoms with Crippen molar-refractivity contribution in [2.45, 2.75) is 11.6 Å². The maximum atomic E-state index is 12.1. The van der Waals surface area contributed by atoms with Crippen molar-refractivity contribution in [3.05, 3.63) is 60.6 Å². The fourth-order valence-electron chi connectivity index (χ4n) is 2.20. The van der Waals surface area contributed by atoms with Crippen molar-refractivity contribution in [2.75, 3.05) is 13.1 Å². The summed E-state index contributed by atoms with van der Waals surface area (Å²) in [6.07, 6.45) is 3.09. The summed E-state index contributed by atoms with van der Waals surface area (Å²) in [4.78, 5) is 19.5. The van der Waals surface area contributed by atoms with Gasteiger partial charge in [-0.2, -0.15) is 0 Å². The van der Waals surface area contributed by atoms with Gasteiger partial charge in [0.05, 0.1) is 0 Å². The molecule has 0 spiro atoms. The van der Waals surface area contributed by atoms with E-state index in [-0.39, 0.29) is 23.9 Å². The summed E-state index contributed by atoms with van der Waals surface area (Å²) in [7, 11) is -3.75. The van der Waals surface area contributed by atoms with Crippen LogP contribution in [-0.2, 0) is 10.0 Å². The van der Waals surface area contributed by atoms with E-state index in [4.69, 9.17) is 4.52 Å². The SMILES string of the molecule is O=C(NCCCNS(=O)(=O)c1ncccn1)c1cc(-c2ccccc2)on1. The molecule has 0 bridgehead atoms. The Labute approximate surface area is 155 Å². The summed E-state index contributed by atoms with van der Waals surface area (Å²) in [6, 6.07) is 12.4. The number of hydrogen-bond donors (Lipinski definition) is 2. The lowest BCUT2D eigenvalue weighted by molar-refractivity contribution is 0.0944. The third-order valence-corrected chi connectivity index (χ3v) is 4.79. The number of benzene rings is 1. The summed E-state index contributed by atoms with van der Waals surface area (Å²) < 4.78 is 31.4. The zero-order chi connectivity index (χ0) is 19.1. The third kappa shape index (κ3) is 4.96. The zero-order valence-electron chi connectivity index (χ0n) is 14.2. The molecule has 27 heavy (non-hydrogen) atoms. The van der Waals surface area contributed by atoms with Crippen LogP contribution >= 0.6 is 0 Å². The van der Waals surface area contributed by atoms with Gasteiger partial charge >= 0.3 is 0 Å². The Balaban J connectivity index is 1.45. The maximum Gasteiger partial charge on any atom is 0.276 e. The minimum Gasteiger partial charge on any atom is -0.355 e. The number of carbonyl (C=O) groups is 1. The average Bonchev–Trinajstić information content (AvgIpc) is 3.19. The van der Waals surface area contributed by atoms with Gasteiger partial charge in [0.25, 0.3) is 21.1 Å². The Morgan fingerprint density at radius 3 is 2.52 bits per heavy atom. The first kappa shape index (κ1) is 18.7. The van der Waals surface area contributed by atoms with E-state index >= 15 is 0 Å². The van der Waals surface area contributed by atoms with Crippen molar-refractivity contribution in [1.29, 1.82) is 0 Å². The lowest BCUT2D eigenvalue weighted by Crippen LogP contribution is -2.30. The third-order valence-electron chi connectivity index (χ3n) is 3.51. The highest BCUT2D eigenvalue weighted by atomic mass is 32.2. The van der Waals surface area contributed by atoms with E-state index in [9.17, 15) is 13.2 Å². The fraction of sp³-hybridized carbons (Fsp3) is 0.176. The molecule has 0 unspecified atom stereocenters. The van der Waals surface area contributed by atoms with Crippen LogP contribution in [0.5, 0.6) is 0 Å². The number of carbonyl (C=O) groups excluding carboxylic acids is 1. The Morgan fingerprint density at radius 1 is 1.04 bits per heavy atom. The van der Waals surface area contributed by atoms with Gasteiger partial charge < -0.3 is 9.84 Å². The van der Waals surface area contributed by atoms with Gasteiger partial charge in [-0.15, -0.1) is 0 Å². The molecule has 10 heteroatoms. The molecule has 1 aromatic carbocycles. The highest BCUT2D eigenvalue weighted by Gasteiger charge is 2.16. The van der Waals surface area contributed by atoms with E-state index in [1.54, 1.807) is 6.07 Å². The molecular formula is C17H17N5O4S. The minimum absolute atomic E-state index is 0.134. The number of amides is 1. The van der Waals surface area contributed by atoms with Crippen LogP contribution in [0.3, 0.4) is 0 Å². The molecule has 3 rings (SSSR count). The summed E-state index contributed by atoms with van der Waals surface area (Å²) in [5.41, 5.74) is 0.980. The molecule has 140 valence electrons. The standard InChI is InChI=1S/C17H17N5O4S/c23-16(14-12-15(26-22-14)13-6-2-1-3-7-13)18-8-5-11-21-27(24,25)17-19-9-4-10-20-17/h1-4,6-7,9-10,12,21H,5,8,11H2,(H,18,23). The molecule has 0 fully saturated rings. The molecule has 0 aliphatic rings. The van der Waals surface area contributed by atoms with E-state index in [2.05, 4.69) is 25.2 Å². The Bertz CT molecular complexity index is 990. The van der Waals surface area contributed by atoms with Crippen LogP contribution in [0.15, 0.2) is 64.5 Å². The molecule has 9 nitrogen and oxygen atoms in total. The van der Waals surface area contributed by atoms with E-state index in [0.717, 1.165) is 5.56 Å². The van der Waals surface area contributed by atoms with Crippen molar-refractivity contribution < 1.29 is 17.7 Å². The molecule has 2 N–H and O–H groups in total. The highest BCUT2D eigenvalue weighted by molar-refractivity contribution is 7.89. The van der Waals surface area contributed by atoms with Crippen LogP contribution in [0.2, 0.25) is 0 Å². The Morgan fingerprint density at radius 2 is 1.78 bits per heavy atom. The van der Waals surface area contributed by atoms with Crippen molar-refractivity contribution in [1.82, 2.24) is 25.2 Å². The number of sulfonamides is 1. The van der Waals surface area contributed by atoms with Gasteiger partial charge in [0.15, 0.2) is 11.5 Å². The number of nitrogens with one attached hydrogen (secondary N) is 2. The first-order valence-electron chi connectivity index (χ1n) is 8.13. The summed E-state index contributed by atoms with van der Waals surface area (Å²) in [6.45, 7) is 0.402.